The first-order valence-corrected chi connectivity index (χ1v) is 11.2. The standard InChI is InChI=1S/C23H35N5O7/c1-12(2)18(27-20(31)15(24)11-14-7-5-4-6-8-14)21(32)28-19(13(3)29)22(33)26-16(23(34)35)9-10-17(25)30/h4-8,12-13,15-16,18-19,29H,9-11,24H2,1-3H3,(H2,25,30)(H,26,33)(H,27,31)(H,28,32)(H,34,35). The Hall–Kier alpha value is -3.51. The van der Waals surface area contributed by atoms with Gasteiger partial charge in [0.15, 0.2) is 0 Å². The van der Waals surface area contributed by atoms with Gasteiger partial charge >= 0.3 is 5.97 Å². The molecule has 0 aliphatic heterocycles. The summed E-state index contributed by atoms with van der Waals surface area (Å²) < 4.78 is 0. The number of aliphatic carboxylic acids is 1. The van der Waals surface area contributed by atoms with E-state index in [1.807, 2.05) is 30.3 Å². The number of hydrogen-bond acceptors (Lipinski definition) is 7. The summed E-state index contributed by atoms with van der Waals surface area (Å²) in [5.41, 5.74) is 11.9. The number of rotatable bonds is 14. The minimum absolute atomic E-state index is 0.250. The molecule has 0 heterocycles. The second-order valence-electron chi connectivity index (χ2n) is 8.66. The average Bonchev–Trinajstić information content (AvgIpc) is 2.77. The minimum atomic E-state index is -1.52. The third-order valence-corrected chi connectivity index (χ3v) is 5.24. The Morgan fingerprint density at radius 1 is 0.886 bits per heavy atom. The molecule has 0 saturated carbocycles. The fourth-order valence-electron chi connectivity index (χ4n) is 3.21. The van der Waals surface area contributed by atoms with Crippen molar-refractivity contribution in [2.45, 2.75) is 70.3 Å². The summed E-state index contributed by atoms with van der Waals surface area (Å²) in [4.78, 5) is 60.5. The number of aliphatic hydroxyl groups excluding tert-OH is 1. The normalized spacial score (nSPS) is 15.3. The fourth-order valence-corrected chi connectivity index (χ4v) is 3.21. The Morgan fingerprint density at radius 2 is 1.43 bits per heavy atom. The molecule has 1 aromatic carbocycles. The van der Waals surface area contributed by atoms with Gasteiger partial charge in [0, 0.05) is 6.42 Å². The lowest BCUT2D eigenvalue weighted by Gasteiger charge is -2.28. The molecular formula is C23H35N5O7. The third-order valence-electron chi connectivity index (χ3n) is 5.24. The van der Waals surface area contributed by atoms with Crippen LogP contribution in [0.3, 0.4) is 0 Å². The van der Waals surface area contributed by atoms with E-state index in [1.54, 1.807) is 13.8 Å². The van der Waals surface area contributed by atoms with Crippen LogP contribution in [0.1, 0.15) is 39.2 Å². The van der Waals surface area contributed by atoms with Crippen LogP contribution >= 0.6 is 0 Å². The highest BCUT2D eigenvalue weighted by Crippen LogP contribution is 2.07. The van der Waals surface area contributed by atoms with Gasteiger partial charge in [0.25, 0.3) is 0 Å². The largest absolute Gasteiger partial charge is 0.480 e. The summed E-state index contributed by atoms with van der Waals surface area (Å²) in [6.07, 6.45) is -1.69. The van der Waals surface area contributed by atoms with Crippen molar-refractivity contribution in [3.8, 4) is 0 Å². The van der Waals surface area contributed by atoms with Gasteiger partial charge in [-0.15, -0.1) is 0 Å². The van der Waals surface area contributed by atoms with Gasteiger partial charge in [0.05, 0.1) is 12.1 Å². The topological polar surface area (TPSA) is 214 Å². The molecule has 0 bridgehead atoms. The molecule has 0 spiro atoms. The molecule has 0 fully saturated rings. The van der Waals surface area contributed by atoms with Gasteiger partial charge in [0.1, 0.15) is 18.1 Å². The number of aliphatic hydroxyl groups is 1. The van der Waals surface area contributed by atoms with Crippen LogP contribution in [0.25, 0.3) is 0 Å². The fraction of sp³-hybridized carbons (Fsp3) is 0.522. The lowest BCUT2D eigenvalue weighted by atomic mass is 10.0. The highest BCUT2D eigenvalue weighted by atomic mass is 16.4. The molecule has 194 valence electrons. The van der Waals surface area contributed by atoms with Crippen LogP contribution in [0.15, 0.2) is 30.3 Å². The molecule has 12 heteroatoms. The summed E-state index contributed by atoms with van der Waals surface area (Å²) in [6, 6.07) is 4.12. The zero-order chi connectivity index (χ0) is 26.7. The van der Waals surface area contributed by atoms with Gasteiger partial charge in [-0.1, -0.05) is 44.2 Å². The Balaban J connectivity index is 2.87. The third kappa shape index (κ3) is 10.1. The molecule has 5 unspecified atom stereocenters. The van der Waals surface area contributed by atoms with E-state index in [0.29, 0.717) is 0 Å². The molecule has 0 radical (unpaired) electrons. The van der Waals surface area contributed by atoms with Crippen molar-refractivity contribution in [2.75, 3.05) is 0 Å². The van der Waals surface area contributed by atoms with Crippen LogP contribution < -0.4 is 27.4 Å². The van der Waals surface area contributed by atoms with E-state index >= 15 is 0 Å². The first-order valence-electron chi connectivity index (χ1n) is 11.2. The molecule has 12 nitrogen and oxygen atoms in total. The van der Waals surface area contributed by atoms with E-state index in [0.717, 1.165) is 5.56 Å². The first-order chi connectivity index (χ1) is 16.3. The van der Waals surface area contributed by atoms with Crippen LogP contribution in [-0.4, -0.2) is 70.1 Å². The summed E-state index contributed by atoms with van der Waals surface area (Å²) in [7, 11) is 0. The molecule has 9 N–H and O–H groups in total. The molecule has 1 aromatic rings. The zero-order valence-corrected chi connectivity index (χ0v) is 20.1. The zero-order valence-electron chi connectivity index (χ0n) is 20.1. The number of amides is 4. The van der Waals surface area contributed by atoms with Crippen molar-refractivity contribution < 1.29 is 34.2 Å². The lowest BCUT2D eigenvalue weighted by molar-refractivity contribution is -0.143. The number of nitrogens with one attached hydrogen (secondary N) is 3. The number of primary amides is 1. The molecule has 1 rings (SSSR count). The number of nitrogens with two attached hydrogens (primary N) is 2. The number of benzene rings is 1. The van der Waals surface area contributed by atoms with E-state index in [1.165, 1.54) is 6.92 Å². The monoisotopic (exact) mass is 493 g/mol. The molecule has 0 aliphatic carbocycles. The van der Waals surface area contributed by atoms with Crippen LogP contribution in [0.5, 0.6) is 0 Å². The summed E-state index contributed by atoms with van der Waals surface area (Å²) in [5, 5.41) is 26.5. The second kappa shape index (κ2) is 14.0. The Kier molecular flexibility index (Phi) is 11.8. The molecule has 4 amide bonds. The maximum Gasteiger partial charge on any atom is 0.326 e. The van der Waals surface area contributed by atoms with E-state index in [2.05, 4.69) is 16.0 Å². The van der Waals surface area contributed by atoms with Crippen molar-refractivity contribution in [3.63, 3.8) is 0 Å². The average molecular weight is 494 g/mol. The maximum atomic E-state index is 12.9. The predicted molar refractivity (Wildman–Crippen MR) is 126 cm³/mol. The van der Waals surface area contributed by atoms with Crippen molar-refractivity contribution in [3.05, 3.63) is 35.9 Å². The van der Waals surface area contributed by atoms with Crippen molar-refractivity contribution in [1.29, 1.82) is 0 Å². The van der Waals surface area contributed by atoms with Gasteiger partial charge in [0.2, 0.25) is 23.6 Å². The van der Waals surface area contributed by atoms with Crippen LogP contribution in [0.2, 0.25) is 0 Å². The highest BCUT2D eigenvalue weighted by molar-refractivity contribution is 5.94. The summed E-state index contributed by atoms with van der Waals surface area (Å²) >= 11 is 0. The van der Waals surface area contributed by atoms with Crippen LogP contribution in [-0.2, 0) is 30.4 Å². The molecule has 5 atom stereocenters. The molecular weight excluding hydrogens is 458 g/mol. The number of carbonyl (C=O) groups excluding carboxylic acids is 4. The van der Waals surface area contributed by atoms with Gasteiger partial charge < -0.3 is 37.6 Å². The number of hydrogen-bond donors (Lipinski definition) is 7. The number of carboxylic acid groups (broad SMARTS) is 1. The van der Waals surface area contributed by atoms with Gasteiger partial charge in [-0.05, 0) is 31.2 Å². The quantitative estimate of drug-likeness (QED) is 0.160. The van der Waals surface area contributed by atoms with E-state index in [9.17, 15) is 34.2 Å². The lowest BCUT2D eigenvalue weighted by Crippen LogP contribution is -2.60. The Labute approximate surface area is 203 Å². The second-order valence-corrected chi connectivity index (χ2v) is 8.66. The van der Waals surface area contributed by atoms with Crippen LogP contribution in [0.4, 0.5) is 0 Å². The first kappa shape index (κ1) is 29.5. The van der Waals surface area contributed by atoms with E-state index in [-0.39, 0.29) is 19.3 Å². The van der Waals surface area contributed by atoms with Gasteiger partial charge in [-0.25, -0.2) is 4.79 Å². The minimum Gasteiger partial charge on any atom is -0.480 e. The SMILES string of the molecule is CC(C)C(NC(=O)C(N)Cc1ccccc1)C(=O)NC(C(=O)NC(CCC(N)=O)C(=O)O)C(C)O. The van der Waals surface area contributed by atoms with Gasteiger partial charge in [-0.2, -0.15) is 0 Å². The maximum absolute atomic E-state index is 12.9. The Bertz CT molecular complexity index is 892. The smallest absolute Gasteiger partial charge is 0.326 e. The summed E-state index contributed by atoms with van der Waals surface area (Å²) in [5.74, 6) is -4.85. The number of carbonyl (C=O) groups is 5. The van der Waals surface area contributed by atoms with Crippen LogP contribution in [0, 0.1) is 5.92 Å². The molecule has 35 heavy (non-hydrogen) atoms. The Morgan fingerprint density at radius 3 is 1.91 bits per heavy atom. The molecule has 0 saturated heterocycles. The van der Waals surface area contributed by atoms with Gasteiger partial charge in [-0.3, -0.25) is 19.2 Å². The predicted octanol–water partition coefficient (Wildman–Crippen LogP) is -1.60. The molecule has 0 aliphatic rings. The summed E-state index contributed by atoms with van der Waals surface area (Å²) in [6.45, 7) is 4.59. The molecule has 0 aromatic heterocycles. The van der Waals surface area contributed by atoms with E-state index in [4.69, 9.17) is 11.5 Å². The highest BCUT2D eigenvalue weighted by Gasteiger charge is 2.33. The number of carboxylic acids is 1. The van der Waals surface area contributed by atoms with Crippen molar-refractivity contribution in [1.82, 2.24) is 16.0 Å². The van der Waals surface area contributed by atoms with Crippen molar-refractivity contribution in [2.24, 2.45) is 17.4 Å². The van der Waals surface area contributed by atoms with Crippen molar-refractivity contribution >= 4 is 29.6 Å². The van der Waals surface area contributed by atoms with E-state index < -0.39 is 65.8 Å².